The first-order valence-corrected chi connectivity index (χ1v) is 7.23. The van der Waals surface area contributed by atoms with Crippen LogP contribution in [0.25, 0.3) is 10.9 Å². The minimum atomic E-state index is -0.322. The number of amides is 2. The summed E-state index contributed by atoms with van der Waals surface area (Å²) in [5.41, 5.74) is 7.15. The van der Waals surface area contributed by atoms with Crippen molar-refractivity contribution in [3.05, 3.63) is 36.7 Å². The van der Waals surface area contributed by atoms with E-state index in [1.54, 1.807) is 26.4 Å². The van der Waals surface area contributed by atoms with Gasteiger partial charge in [0.15, 0.2) is 5.82 Å². The third-order valence-corrected chi connectivity index (χ3v) is 3.47. The molecule has 3 N–H and O–H groups in total. The Kier molecular flexibility index (Phi) is 3.90. The lowest BCUT2D eigenvalue weighted by Gasteiger charge is -2.09. The molecule has 0 saturated carbocycles. The van der Waals surface area contributed by atoms with Crippen molar-refractivity contribution in [3.8, 4) is 0 Å². The molecule has 0 fully saturated rings. The monoisotopic (exact) mass is 327 g/mol. The Hall–Kier alpha value is -3.36. The van der Waals surface area contributed by atoms with Crippen molar-refractivity contribution in [2.75, 3.05) is 25.1 Å². The summed E-state index contributed by atoms with van der Waals surface area (Å²) in [6, 6.07) is 6.96. The predicted octanol–water partition coefficient (Wildman–Crippen LogP) is 1.25. The molecule has 0 aliphatic rings. The average Bonchev–Trinajstić information content (AvgIpc) is 3.14. The number of nitrogens with two attached hydrogens (primary N) is 1. The van der Waals surface area contributed by atoms with Crippen molar-refractivity contribution < 1.29 is 9.59 Å². The molecule has 0 radical (unpaired) electrons. The minimum absolute atomic E-state index is 0.0735. The highest BCUT2D eigenvalue weighted by molar-refractivity contribution is 5.98. The molecule has 3 aromatic rings. The summed E-state index contributed by atoms with van der Waals surface area (Å²) in [7, 11) is 3.23. The Morgan fingerprint density at radius 1 is 1.29 bits per heavy atom. The van der Waals surface area contributed by atoms with E-state index in [4.69, 9.17) is 5.73 Å². The fourth-order valence-electron chi connectivity index (χ4n) is 2.28. The van der Waals surface area contributed by atoms with Gasteiger partial charge >= 0.3 is 6.03 Å². The van der Waals surface area contributed by atoms with E-state index in [1.165, 1.54) is 20.5 Å². The molecule has 9 nitrogen and oxygen atoms in total. The zero-order valence-corrected chi connectivity index (χ0v) is 13.3. The molecular formula is C15H17N7O2. The number of nitrogen functional groups attached to an aromatic ring is 1. The number of urea groups is 1. The molecule has 2 aromatic heterocycles. The van der Waals surface area contributed by atoms with Gasteiger partial charge in [0.05, 0.1) is 17.4 Å². The summed E-state index contributed by atoms with van der Waals surface area (Å²) in [5.74, 6) is 0.0439. The standard InChI is InChI=1S/C15H17N7O2/c1-20(2)15(24)18-12-8-17-22(19-12)9-13(23)21-7-6-10-4-3-5-11(16)14(10)21/h3-8H,9,16H2,1-2H3,(H,18,19,24). The van der Waals surface area contributed by atoms with Crippen LogP contribution in [-0.4, -0.2) is 50.5 Å². The molecule has 0 saturated heterocycles. The molecule has 9 heteroatoms. The molecular weight excluding hydrogens is 310 g/mol. The Morgan fingerprint density at radius 3 is 2.83 bits per heavy atom. The van der Waals surface area contributed by atoms with Gasteiger partial charge in [-0.05, 0) is 12.1 Å². The van der Waals surface area contributed by atoms with E-state index in [0.717, 1.165) is 5.39 Å². The second-order valence-corrected chi connectivity index (χ2v) is 5.45. The average molecular weight is 327 g/mol. The smallest absolute Gasteiger partial charge is 0.322 e. The fourth-order valence-corrected chi connectivity index (χ4v) is 2.28. The van der Waals surface area contributed by atoms with Gasteiger partial charge in [-0.3, -0.25) is 14.7 Å². The van der Waals surface area contributed by atoms with Crippen molar-refractivity contribution in [1.29, 1.82) is 0 Å². The van der Waals surface area contributed by atoms with Gasteiger partial charge in [0, 0.05) is 25.7 Å². The molecule has 124 valence electrons. The van der Waals surface area contributed by atoms with E-state index in [9.17, 15) is 9.59 Å². The lowest BCUT2D eigenvalue weighted by molar-refractivity contribution is 0.0886. The van der Waals surface area contributed by atoms with Gasteiger partial charge < -0.3 is 10.6 Å². The lowest BCUT2D eigenvalue weighted by Crippen LogP contribution is -2.27. The zero-order valence-electron chi connectivity index (χ0n) is 13.3. The summed E-state index contributed by atoms with van der Waals surface area (Å²) in [5, 5.41) is 11.5. The number of benzene rings is 1. The highest BCUT2D eigenvalue weighted by Crippen LogP contribution is 2.22. The molecule has 3 rings (SSSR count). The quantitative estimate of drug-likeness (QED) is 0.703. The molecule has 2 heterocycles. The van der Waals surface area contributed by atoms with Gasteiger partial charge in [-0.2, -0.15) is 9.90 Å². The predicted molar refractivity (Wildman–Crippen MR) is 89.7 cm³/mol. The first-order valence-electron chi connectivity index (χ1n) is 7.23. The Labute approximate surface area is 137 Å². The summed E-state index contributed by atoms with van der Waals surface area (Å²) in [6.45, 7) is -0.0735. The summed E-state index contributed by atoms with van der Waals surface area (Å²) < 4.78 is 1.48. The van der Waals surface area contributed by atoms with E-state index in [1.807, 2.05) is 18.2 Å². The molecule has 0 atom stereocenters. The molecule has 0 aliphatic carbocycles. The highest BCUT2D eigenvalue weighted by Gasteiger charge is 2.14. The molecule has 0 aliphatic heterocycles. The van der Waals surface area contributed by atoms with Gasteiger partial charge in [0.25, 0.3) is 5.91 Å². The van der Waals surface area contributed by atoms with E-state index in [-0.39, 0.29) is 24.3 Å². The second kappa shape index (κ2) is 6.03. The number of nitrogens with zero attached hydrogens (tertiary/aromatic N) is 5. The Morgan fingerprint density at radius 2 is 2.08 bits per heavy atom. The van der Waals surface area contributed by atoms with Crippen molar-refractivity contribution >= 4 is 34.3 Å². The van der Waals surface area contributed by atoms with Crippen LogP contribution < -0.4 is 11.1 Å². The van der Waals surface area contributed by atoms with Crippen LogP contribution in [0.2, 0.25) is 0 Å². The maximum atomic E-state index is 12.5. The van der Waals surface area contributed by atoms with Gasteiger partial charge in [0.1, 0.15) is 6.54 Å². The van der Waals surface area contributed by atoms with Crippen LogP contribution in [0.3, 0.4) is 0 Å². The van der Waals surface area contributed by atoms with Gasteiger partial charge in [-0.15, -0.1) is 5.10 Å². The third kappa shape index (κ3) is 2.91. The van der Waals surface area contributed by atoms with Gasteiger partial charge in [-0.1, -0.05) is 12.1 Å². The maximum absolute atomic E-state index is 12.5. The molecule has 1 aromatic carbocycles. The van der Waals surface area contributed by atoms with Crippen molar-refractivity contribution in [3.63, 3.8) is 0 Å². The number of para-hydroxylation sites is 1. The van der Waals surface area contributed by atoms with Crippen LogP contribution in [0.4, 0.5) is 16.3 Å². The van der Waals surface area contributed by atoms with Crippen LogP contribution >= 0.6 is 0 Å². The Balaban J connectivity index is 1.77. The Bertz CT molecular complexity index is 910. The second-order valence-electron chi connectivity index (χ2n) is 5.45. The van der Waals surface area contributed by atoms with Crippen LogP contribution in [0.5, 0.6) is 0 Å². The number of carbonyl (C=O) groups excluding carboxylic acids is 2. The van der Waals surface area contributed by atoms with Crippen LogP contribution in [0.15, 0.2) is 36.7 Å². The third-order valence-electron chi connectivity index (χ3n) is 3.47. The number of carbonyl (C=O) groups is 2. The largest absolute Gasteiger partial charge is 0.397 e. The summed E-state index contributed by atoms with van der Waals surface area (Å²) >= 11 is 0. The number of rotatable bonds is 3. The molecule has 2 amide bonds. The van der Waals surface area contributed by atoms with Crippen molar-refractivity contribution in [2.24, 2.45) is 0 Å². The van der Waals surface area contributed by atoms with E-state index in [0.29, 0.717) is 11.2 Å². The fraction of sp³-hybridized carbons (Fsp3) is 0.200. The molecule has 0 spiro atoms. The van der Waals surface area contributed by atoms with Gasteiger partial charge in [-0.25, -0.2) is 4.79 Å². The number of aromatic nitrogens is 4. The van der Waals surface area contributed by atoms with Crippen LogP contribution in [-0.2, 0) is 6.54 Å². The number of hydrogen-bond donors (Lipinski definition) is 2. The topological polar surface area (TPSA) is 111 Å². The SMILES string of the molecule is CN(C)C(=O)Nc1cnn(CC(=O)n2ccc3cccc(N)c32)n1. The van der Waals surface area contributed by atoms with E-state index in [2.05, 4.69) is 15.5 Å². The highest BCUT2D eigenvalue weighted by atomic mass is 16.2. The first kappa shape index (κ1) is 15.5. The summed E-state index contributed by atoms with van der Waals surface area (Å²) in [6.07, 6.45) is 3.05. The molecule has 0 unspecified atom stereocenters. The molecule has 24 heavy (non-hydrogen) atoms. The van der Waals surface area contributed by atoms with Crippen LogP contribution in [0, 0.1) is 0 Å². The van der Waals surface area contributed by atoms with E-state index >= 15 is 0 Å². The number of anilines is 2. The van der Waals surface area contributed by atoms with E-state index < -0.39 is 0 Å². The number of fused-ring (bicyclic) bond motifs is 1. The number of hydrogen-bond acceptors (Lipinski definition) is 5. The molecule has 0 bridgehead atoms. The minimum Gasteiger partial charge on any atom is -0.397 e. The number of nitrogens with one attached hydrogen (secondary N) is 1. The lowest BCUT2D eigenvalue weighted by atomic mass is 10.2. The van der Waals surface area contributed by atoms with Gasteiger partial charge in [0.2, 0.25) is 0 Å². The first-order chi connectivity index (χ1) is 11.5. The summed E-state index contributed by atoms with van der Waals surface area (Å²) in [4.78, 5) is 26.7. The van der Waals surface area contributed by atoms with Crippen molar-refractivity contribution in [2.45, 2.75) is 6.54 Å². The van der Waals surface area contributed by atoms with Crippen LogP contribution in [0.1, 0.15) is 4.79 Å². The van der Waals surface area contributed by atoms with Crippen molar-refractivity contribution in [1.82, 2.24) is 24.5 Å². The normalized spacial score (nSPS) is 10.8. The zero-order chi connectivity index (χ0) is 17.3. The maximum Gasteiger partial charge on any atom is 0.322 e.